The summed E-state index contributed by atoms with van der Waals surface area (Å²) >= 11 is 3.49. The van der Waals surface area contributed by atoms with Crippen molar-refractivity contribution in [1.82, 2.24) is 10.2 Å². The maximum Gasteiger partial charge on any atom is 0.234 e. The molecule has 0 radical (unpaired) electrons. The first-order valence-electron chi connectivity index (χ1n) is 6.48. The molecule has 0 aromatic heterocycles. The van der Waals surface area contributed by atoms with Crippen LogP contribution in [0.3, 0.4) is 0 Å². The molecule has 3 N–H and O–H groups in total. The number of anilines is 1. The summed E-state index contributed by atoms with van der Waals surface area (Å²) in [5.74, 6) is 0.0527. The largest absolute Gasteiger partial charge is 0.398 e. The van der Waals surface area contributed by atoms with Gasteiger partial charge in [0, 0.05) is 22.7 Å². The van der Waals surface area contributed by atoms with E-state index in [1.54, 1.807) is 0 Å². The summed E-state index contributed by atoms with van der Waals surface area (Å²) < 4.78 is 0.915. The topological polar surface area (TPSA) is 58.4 Å². The Bertz CT molecular complexity index is 435. The van der Waals surface area contributed by atoms with E-state index in [-0.39, 0.29) is 11.9 Å². The fourth-order valence-corrected chi connectivity index (χ4v) is 2.20. The van der Waals surface area contributed by atoms with Gasteiger partial charge < -0.3 is 11.1 Å². The number of likely N-dealkylation sites (N-methyl/N-ethyl adjacent to an activating group) is 1. The minimum atomic E-state index is 0.0527. The Labute approximate surface area is 123 Å². The van der Waals surface area contributed by atoms with Crippen LogP contribution in [0.25, 0.3) is 0 Å². The summed E-state index contributed by atoms with van der Waals surface area (Å²) in [6.07, 6.45) is 0. The van der Waals surface area contributed by atoms with Gasteiger partial charge in [-0.05, 0) is 48.0 Å². The first-order chi connectivity index (χ1) is 8.93. The Hall–Kier alpha value is -1.07. The van der Waals surface area contributed by atoms with E-state index in [1.165, 1.54) is 0 Å². The second-order valence-corrected chi connectivity index (χ2v) is 5.64. The summed E-state index contributed by atoms with van der Waals surface area (Å²) in [6, 6.07) is 5.97. The fourth-order valence-electron chi connectivity index (χ4n) is 1.81. The van der Waals surface area contributed by atoms with Gasteiger partial charge in [0.25, 0.3) is 0 Å². The molecule has 1 aromatic carbocycles. The normalized spacial score (nSPS) is 11.1. The van der Waals surface area contributed by atoms with E-state index in [4.69, 9.17) is 5.73 Å². The van der Waals surface area contributed by atoms with Crippen LogP contribution in [0.15, 0.2) is 22.7 Å². The van der Waals surface area contributed by atoms with Crippen molar-refractivity contribution in [3.8, 4) is 0 Å². The van der Waals surface area contributed by atoms with Crippen molar-refractivity contribution < 1.29 is 4.79 Å². The third-order valence-corrected chi connectivity index (χ3v) is 3.73. The number of rotatable bonds is 6. The Morgan fingerprint density at radius 3 is 2.74 bits per heavy atom. The highest BCUT2D eigenvalue weighted by Gasteiger charge is 2.12. The summed E-state index contributed by atoms with van der Waals surface area (Å²) in [6.45, 7) is 7.88. The molecule has 0 spiro atoms. The van der Waals surface area contributed by atoms with Crippen molar-refractivity contribution in [2.75, 3.05) is 18.8 Å². The Morgan fingerprint density at radius 2 is 2.16 bits per heavy atom. The van der Waals surface area contributed by atoms with E-state index < -0.39 is 0 Å². The van der Waals surface area contributed by atoms with E-state index in [0.29, 0.717) is 13.1 Å². The average molecular weight is 328 g/mol. The zero-order valence-electron chi connectivity index (χ0n) is 11.7. The van der Waals surface area contributed by atoms with Crippen LogP contribution in [0.2, 0.25) is 0 Å². The molecule has 1 rings (SSSR count). The van der Waals surface area contributed by atoms with Gasteiger partial charge in [-0.15, -0.1) is 0 Å². The smallest absolute Gasteiger partial charge is 0.234 e. The van der Waals surface area contributed by atoms with Crippen LogP contribution in [0.4, 0.5) is 5.69 Å². The van der Waals surface area contributed by atoms with E-state index in [9.17, 15) is 4.79 Å². The maximum absolute atomic E-state index is 11.8. The third kappa shape index (κ3) is 5.20. The van der Waals surface area contributed by atoms with Crippen molar-refractivity contribution in [3.05, 3.63) is 28.2 Å². The number of nitrogens with zero attached hydrogens (tertiary/aromatic N) is 1. The fraction of sp³-hybridized carbons (Fsp3) is 0.500. The van der Waals surface area contributed by atoms with Crippen molar-refractivity contribution in [1.29, 1.82) is 0 Å². The van der Waals surface area contributed by atoms with Crippen LogP contribution in [0.5, 0.6) is 0 Å². The highest BCUT2D eigenvalue weighted by molar-refractivity contribution is 9.10. The van der Waals surface area contributed by atoms with Crippen LogP contribution >= 0.6 is 15.9 Å². The number of hydrogen-bond acceptors (Lipinski definition) is 3. The molecule has 0 aliphatic carbocycles. The van der Waals surface area contributed by atoms with Crippen molar-refractivity contribution in [2.24, 2.45) is 0 Å². The van der Waals surface area contributed by atoms with Crippen LogP contribution in [-0.2, 0) is 11.3 Å². The molecule has 106 valence electrons. The minimum Gasteiger partial charge on any atom is -0.398 e. The second kappa shape index (κ2) is 7.50. The van der Waals surface area contributed by atoms with Gasteiger partial charge in [-0.1, -0.05) is 19.1 Å². The quantitative estimate of drug-likeness (QED) is 0.788. The zero-order chi connectivity index (χ0) is 14.4. The first kappa shape index (κ1) is 16.0. The van der Waals surface area contributed by atoms with Gasteiger partial charge in [-0.25, -0.2) is 0 Å². The van der Waals surface area contributed by atoms with Gasteiger partial charge in [-0.2, -0.15) is 0 Å². The predicted molar refractivity (Wildman–Crippen MR) is 82.8 cm³/mol. The van der Waals surface area contributed by atoms with Gasteiger partial charge in [0.1, 0.15) is 0 Å². The molecule has 19 heavy (non-hydrogen) atoms. The van der Waals surface area contributed by atoms with Gasteiger partial charge in [0.2, 0.25) is 5.91 Å². The van der Waals surface area contributed by atoms with Crippen LogP contribution in [0.1, 0.15) is 26.3 Å². The van der Waals surface area contributed by atoms with Gasteiger partial charge in [0.15, 0.2) is 0 Å². The van der Waals surface area contributed by atoms with E-state index >= 15 is 0 Å². The van der Waals surface area contributed by atoms with Crippen molar-refractivity contribution in [3.63, 3.8) is 0 Å². The van der Waals surface area contributed by atoms with E-state index in [2.05, 4.69) is 26.1 Å². The molecule has 5 heteroatoms. The zero-order valence-corrected chi connectivity index (χ0v) is 13.3. The summed E-state index contributed by atoms with van der Waals surface area (Å²) in [7, 11) is 0. The summed E-state index contributed by atoms with van der Waals surface area (Å²) in [5.41, 5.74) is 7.68. The monoisotopic (exact) mass is 327 g/mol. The molecule has 0 aliphatic rings. The number of nitrogens with one attached hydrogen (secondary N) is 1. The molecule has 4 nitrogen and oxygen atoms in total. The maximum atomic E-state index is 11.8. The van der Waals surface area contributed by atoms with E-state index in [0.717, 1.165) is 22.3 Å². The summed E-state index contributed by atoms with van der Waals surface area (Å²) in [5, 5.41) is 2.90. The highest BCUT2D eigenvalue weighted by Crippen LogP contribution is 2.24. The molecule has 0 saturated carbocycles. The number of carbonyl (C=O) groups is 1. The molecule has 0 bridgehead atoms. The molecular weight excluding hydrogens is 306 g/mol. The Balaban J connectivity index is 2.66. The molecule has 0 unspecified atom stereocenters. The number of halogens is 1. The Kier molecular flexibility index (Phi) is 6.31. The van der Waals surface area contributed by atoms with Gasteiger partial charge >= 0.3 is 0 Å². The predicted octanol–water partition coefficient (Wildman–Crippen LogP) is 2.38. The molecule has 0 saturated heterocycles. The SMILES string of the molecule is CCN(CC(=O)NC(C)C)Cc1cccc(N)c1Br. The lowest BCUT2D eigenvalue weighted by Gasteiger charge is -2.21. The van der Waals surface area contributed by atoms with E-state index in [1.807, 2.05) is 39.0 Å². The number of amides is 1. The molecule has 0 fully saturated rings. The summed E-state index contributed by atoms with van der Waals surface area (Å²) in [4.78, 5) is 13.9. The van der Waals surface area contributed by atoms with Gasteiger partial charge in [0.05, 0.1) is 6.54 Å². The molecular formula is C14H22BrN3O. The second-order valence-electron chi connectivity index (χ2n) is 4.85. The van der Waals surface area contributed by atoms with Gasteiger partial charge in [-0.3, -0.25) is 9.69 Å². The average Bonchev–Trinajstić information content (AvgIpc) is 2.32. The molecule has 0 aliphatic heterocycles. The number of carbonyl (C=O) groups excluding carboxylic acids is 1. The standard InChI is InChI=1S/C14H22BrN3O/c1-4-18(9-13(19)17-10(2)3)8-11-6-5-7-12(16)14(11)15/h5-7,10H,4,8-9,16H2,1-3H3,(H,17,19). The molecule has 1 amide bonds. The van der Waals surface area contributed by atoms with Crippen LogP contribution in [0, 0.1) is 0 Å². The highest BCUT2D eigenvalue weighted by atomic mass is 79.9. The molecule has 1 aromatic rings. The lowest BCUT2D eigenvalue weighted by molar-refractivity contribution is -0.122. The first-order valence-corrected chi connectivity index (χ1v) is 7.28. The number of nitrogen functional groups attached to an aromatic ring is 1. The molecule has 0 atom stereocenters. The molecule has 0 heterocycles. The minimum absolute atomic E-state index is 0.0527. The number of benzene rings is 1. The lowest BCUT2D eigenvalue weighted by atomic mass is 10.2. The van der Waals surface area contributed by atoms with Crippen molar-refractivity contribution >= 4 is 27.5 Å². The Morgan fingerprint density at radius 1 is 1.47 bits per heavy atom. The number of nitrogens with two attached hydrogens (primary N) is 1. The van der Waals surface area contributed by atoms with Crippen LogP contribution < -0.4 is 11.1 Å². The van der Waals surface area contributed by atoms with Crippen molar-refractivity contribution in [2.45, 2.75) is 33.4 Å². The number of hydrogen-bond donors (Lipinski definition) is 2. The van der Waals surface area contributed by atoms with Crippen LogP contribution in [-0.4, -0.2) is 29.9 Å². The lowest BCUT2D eigenvalue weighted by Crippen LogP contribution is -2.39. The third-order valence-electron chi connectivity index (χ3n) is 2.77.